The minimum absolute atomic E-state index is 0.0428. The molecule has 1 unspecified atom stereocenters. The highest BCUT2D eigenvalue weighted by Crippen LogP contribution is 2.14. The molecule has 0 aliphatic heterocycles. The lowest BCUT2D eigenvalue weighted by molar-refractivity contribution is -0.123. The van der Waals surface area contributed by atoms with Gasteiger partial charge in [0.1, 0.15) is 0 Å². The van der Waals surface area contributed by atoms with Crippen molar-refractivity contribution in [3.8, 4) is 0 Å². The van der Waals surface area contributed by atoms with Gasteiger partial charge in [-0.3, -0.25) is 19.3 Å². The van der Waals surface area contributed by atoms with E-state index in [0.29, 0.717) is 30.9 Å². The topological polar surface area (TPSA) is 90.5 Å². The fourth-order valence-corrected chi connectivity index (χ4v) is 2.99. The first-order chi connectivity index (χ1) is 14.4. The van der Waals surface area contributed by atoms with Crippen molar-refractivity contribution in [1.82, 2.24) is 10.2 Å². The standard InChI is InChI=1S/C23H30N4O3/c1-4-27(15-14-22(29)24-17(2)19-8-6-5-7-9-19)16-23(30)26-21-12-10-20(11-13-21)25-18(3)28/h5-13,17H,4,14-16H2,1-3H3,(H,24,29)(H,25,28)(H,26,30). The molecule has 0 saturated carbocycles. The zero-order chi connectivity index (χ0) is 21.9. The number of amides is 3. The summed E-state index contributed by atoms with van der Waals surface area (Å²) in [6.07, 6.45) is 0.323. The van der Waals surface area contributed by atoms with Crippen molar-refractivity contribution in [3.63, 3.8) is 0 Å². The van der Waals surface area contributed by atoms with Crippen LogP contribution < -0.4 is 16.0 Å². The van der Waals surface area contributed by atoms with Crippen LogP contribution in [0.15, 0.2) is 54.6 Å². The van der Waals surface area contributed by atoms with Crippen LogP contribution in [0.1, 0.15) is 38.8 Å². The van der Waals surface area contributed by atoms with Gasteiger partial charge in [-0.05, 0) is 43.3 Å². The third-order valence-corrected chi connectivity index (χ3v) is 4.64. The Morgan fingerprint density at radius 2 is 1.50 bits per heavy atom. The molecule has 2 aromatic carbocycles. The lowest BCUT2D eigenvalue weighted by Crippen LogP contribution is -2.36. The molecule has 1 atom stereocenters. The molecule has 0 aromatic heterocycles. The number of hydrogen-bond acceptors (Lipinski definition) is 4. The summed E-state index contributed by atoms with van der Waals surface area (Å²) in [7, 11) is 0. The largest absolute Gasteiger partial charge is 0.350 e. The van der Waals surface area contributed by atoms with Gasteiger partial charge in [-0.1, -0.05) is 37.3 Å². The molecule has 0 spiro atoms. The Kier molecular flexibility index (Phi) is 9.03. The molecule has 2 rings (SSSR count). The maximum absolute atomic E-state index is 12.3. The van der Waals surface area contributed by atoms with E-state index in [1.165, 1.54) is 6.92 Å². The first-order valence-electron chi connectivity index (χ1n) is 10.1. The van der Waals surface area contributed by atoms with Crippen molar-refractivity contribution in [2.75, 3.05) is 30.3 Å². The van der Waals surface area contributed by atoms with Gasteiger partial charge in [0.25, 0.3) is 0 Å². The smallest absolute Gasteiger partial charge is 0.238 e. The number of likely N-dealkylation sites (N-methyl/N-ethyl adjacent to an activating group) is 1. The van der Waals surface area contributed by atoms with Gasteiger partial charge in [-0.2, -0.15) is 0 Å². The Morgan fingerprint density at radius 1 is 0.900 bits per heavy atom. The average Bonchev–Trinajstić information content (AvgIpc) is 2.72. The lowest BCUT2D eigenvalue weighted by atomic mass is 10.1. The van der Waals surface area contributed by atoms with E-state index in [2.05, 4.69) is 16.0 Å². The van der Waals surface area contributed by atoms with Gasteiger partial charge in [0.05, 0.1) is 12.6 Å². The van der Waals surface area contributed by atoms with Crippen molar-refractivity contribution >= 4 is 29.1 Å². The van der Waals surface area contributed by atoms with Crippen molar-refractivity contribution in [1.29, 1.82) is 0 Å². The second-order valence-corrected chi connectivity index (χ2v) is 7.13. The quantitative estimate of drug-likeness (QED) is 0.561. The van der Waals surface area contributed by atoms with Crippen LogP contribution in [0.5, 0.6) is 0 Å². The predicted octanol–water partition coefficient (Wildman–Crippen LogP) is 3.17. The second-order valence-electron chi connectivity index (χ2n) is 7.13. The SMILES string of the molecule is CCN(CCC(=O)NC(C)c1ccccc1)CC(=O)Nc1ccc(NC(C)=O)cc1. The van der Waals surface area contributed by atoms with E-state index >= 15 is 0 Å². The third-order valence-electron chi connectivity index (χ3n) is 4.64. The molecular formula is C23H30N4O3. The number of hydrogen-bond donors (Lipinski definition) is 3. The average molecular weight is 411 g/mol. The van der Waals surface area contributed by atoms with Gasteiger partial charge in [0, 0.05) is 31.3 Å². The monoisotopic (exact) mass is 410 g/mol. The summed E-state index contributed by atoms with van der Waals surface area (Å²) in [5.74, 6) is -0.339. The van der Waals surface area contributed by atoms with Crippen LogP contribution in [0.3, 0.4) is 0 Å². The number of carbonyl (C=O) groups excluding carboxylic acids is 3. The van der Waals surface area contributed by atoms with Crippen LogP contribution in [0.25, 0.3) is 0 Å². The first-order valence-corrected chi connectivity index (χ1v) is 10.1. The summed E-state index contributed by atoms with van der Waals surface area (Å²) < 4.78 is 0. The maximum Gasteiger partial charge on any atom is 0.238 e. The maximum atomic E-state index is 12.3. The summed E-state index contributed by atoms with van der Waals surface area (Å²) in [6.45, 7) is 6.72. The molecule has 3 N–H and O–H groups in total. The predicted molar refractivity (Wildman–Crippen MR) is 119 cm³/mol. The summed E-state index contributed by atoms with van der Waals surface area (Å²) in [5, 5.41) is 8.51. The van der Waals surface area contributed by atoms with Crippen LogP contribution in [-0.2, 0) is 14.4 Å². The zero-order valence-electron chi connectivity index (χ0n) is 17.8. The van der Waals surface area contributed by atoms with Gasteiger partial charge < -0.3 is 16.0 Å². The van der Waals surface area contributed by atoms with Crippen molar-refractivity contribution in [2.24, 2.45) is 0 Å². The van der Waals surface area contributed by atoms with Crippen molar-refractivity contribution in [3.05, 3.63) is 60.2 Å². The van der Waals surface area contributed by atoms with Crippen LogP contribution in [0, 0.1) is 0 Å². The van der Waals surface area contributed by atoms with Crippen molar-refractivity contribution < 1.29 is 14.4 Å². The van der Waals surface area contributed by atoms with E-state index in [0.717, 1.165) is 5.56 Å². The molecule has 7 nitrogen and oxygen atoms in total. The Balaban J connectivity index is 1.76. The third kappa shape index (κ3) is 8.05. The summed E-state index contributed by atoms with van der Waals surface area (Å²) in [6, 6.07) is 16.7. The highest BCUT2D eigenvalue weighted by Gasteiger charge is 2.13. The Hall–Kier alpha value is -3.19. The molecule has 0 aliphatic rings. The molecule has 0 saturated heterocycles. The molecule has 0 fully saturated rings. The molecular weight excluding hydrogens is 380 g/mol. The normalized spacial score (nSPS) is 11.6. The number of benzene rings is 2. The summed E-state index contributed by atoms with van der Waals surface area (Å²) >= 11 is 0. The van der Waals surface area contributed by atoms with Gasteiger partial charge in [-0.15, -0.1) is 0 Å². The second kappa shape index (κ2) is 11.7. The molecule has 0 bridgehead atoms. The minimum atomic E-state index is -0.151. The number of anilines is 2. The molecule has 0 heterocycles. The summed E-state index contributed by atoms with van der Waals surface area (Å²) in [4.78, 5) is 37.6. The molecule has 0 radical (unpaired) electrons. The highest BCUT2D eigenvalue weighted by molar-refractivity contribution is 5.93. The van der Waals surface area contributed by atoms with Crippen LogP contribution in [-0.4, -0.2) is 42.3 Å². The molecule has 2 aromatic rings. The Morgan fingerprint density at radius 3 is 2.07 bits per heavy atom. The van der Waals surface area contributed by atoms with Crippen molar-refractivity contribution in [2.45, 2.75) is 33.2 Å². The van der Waals surface area contributed by atoms with E-state index in [-0.39, 0.29) is 30.3 Å². The lowest BCUT2D eigenvalue weighted by Gasteiger charge is -2.20. The van der Waals surface area contributed by atoms with Crippen LogP contribution in [0.2, 0.25) is 0 Å². The van der Waals surface area contributed by atoms with E-state index in [1.54, 1.807) is 24.3 Å². The molecule has 3 amide bonds. The minimum Gasteiger partial charge on any atom is -0.350 e. The number of nitrogens with zero attached hydrogens (tertiary/aromatic N) is 1. The van der Waals surface area contributed by atoms with E-state index < -0.39 is 0 Å². The van der Waals surface area contributed by atoms with E-state index in [1.807, 2.05) is 49.1 Å². The van der Waals surface area contributed by atoms with Crippen LogP contribution in [0.4, 0.5) is 11.4 Å². The summed E-state index contributed by atoms with van der Waals surface area (Å²) in [5.41, 5.74) is 2.38. The molecule has 160 valence electrons. The van der Waals surface area contributed by atoms with E-state index in [4.69, 9.17) is 0 Å². The Labute approximate surface area is 177 Å². The molecule has 7 heteroatoms. The number of carbonyl (C=O) groups is 3. The number of nitrogens with one attached hydrogen (secondary N) is 3. The fraction of sp³-hybridized carbons (Fsp3) is 0.348. The highest BCUT2D eigenvalue weighted by atomic mass is 16.2. The van der Waals surface area contributed by atoms with Gasteiger partial charge in [0.15, 0.2) is 0 Å². The van der Waals surface area contributed by atoms with E-state index in [9.17, 15) is 14.4 Å². The molecule has 30 heavy (non-hydrogen) atoms. The number of rotatable bonds is 10. The van der Waals surface area contributed by atoms with Crippen LogP contribution >= 0.6 is 0 Å². The van der Waals surface area contributed by atoms with Gasteiger partial charge in [-0.25, -0.2) is 0 Å². The van der Waals surface area contributed by atoms with Gasteiger partial charge in [0.2, 0.25) is 17.7 Å². The fourth-order valence-electron chi connectivity index (χ4n) is 2.99. The first kappa shape index (κ1) is 23.1. The Bertz CT molecular complexity index is 837. The molecule has 0 aliphatic carbocycles. The van der Waals surface area contributed by atoms with Gasteiger partial charge >= 0.3 is 0 Å². The zero-order valence-corrected chi connectivity index (χ0v) is 17.8.